The summed E-state index contributed by atoms with van der Waals surface area (Å²) < 4.78 is 6.39. The first-order chi connectivity index (χ1) is 9.93. The molecule has 2 heterocycles. The first kappa shape index (κ1) is 14.6. The fourth-order valence-electron chi connectivity index (χ4n) is 3.64. The van der Waals surface area contributed by atoms with Gasteiger partial charge in [-0.1, -0.05) is 24.4 Å². The number of hydrogen-bond acceptors (Lipinski definition) is 4. The van der Waals surface area contributed by atoms with Crippen molar-refractivity contribution in [2.24, 2.45) is 0 Å². The second-order valence-corrected chi connectivity index (χ2v) is 7.13. The van der Waals surface area contributed by atoms with Crippen LogP contribution in [0.25, 0.3) is 0 Å². The van der Waals surface area contributed by atoms with Gasteiger partial charge in [0.25, 0.3) is 0 Å². The lowest BCUT2D eigenvalue weighted by atomic mass is 9.94. The minimum absolute atomic E-state index is 0.0597. The number of aromatic nitrogens is 1. The zero-order chi connectivity index (χ0) is 15.1. The molecule has 3 rings (SSSR count). The monoisotopic (exact) mass is 305 g/mol. The van der Waals surface area contributed by atoms with Crippen LogP contribution in [0.3, 0.4) is 0 Å². The molecule has 0 radical (unpaired) electrons. The first-order valence-corrected chi connectivity index (χ1v) is 7.83. The summed E-state index contributed by atoms with van der Waals surface area (Å²) in [6.07, 6.45) is 4.65. The van der Waals surface area contributed by atoms with E-state index >= 15 is 0 Å². The van der Waals surface area contributed by atoms with Crippen LogP contribution in [0.1, 0.15) is 45.2 Å². The molecule has 21 heavy (non-hydrogen) atoms. The zero-order valence-electron chi connectivity index (χ0n) is 12.5. The van der Waals surface area contributed by atoms with Crippen LogP contribution in [-0.2, 0) is 4.74 Å². The summed E-state index contributed by atoms with van der Waals surface area (Å²) in [5.74, 6) is 0.818. The topological polar surface area (TPSA) is 49.2 Å². The molecule has 4 nitrogen and oxygen atoms in total. The summed E-state index contributed by atoms with van der Waals surface area (Å²) in [7, 11) is 0. The molecule has 0 atom stereocenters. The third-order valence-electron chi connectivity index (χ3n) is 4.32. The van der Waals surface area contributed by atoms with E-state index in [-0.39, 0.29) is 11.2 Å². The largest absolute Gasteiger partial charge is 0.365 e. The van der Waals surface area contributed by atoms with Crippen LogP contribution >= 0.6 is 11.6 Å². The van der Waals surface area contributed by atoms with E-state index in [1.807, 2.05) is 6.07 Å². The van der Waals surface area contributed by atoms with Crippen molar-refractivity contribution >= 4 is 17.4 Å². The molecular formula is C16H20ClN3O. The number of ether oxygens (including phenoxy) is 1. The van der Waals surface area contributed by atoms with E-state index < -0.39 is 0 Å². The van der Waals surface area contributed by atoms with E-state index in [1.54, 1.807) is 6.07 Å². The molecule has 1 saturated heterocycles. The fraction of sp³-hybridized carbons (Fsp3) is 0.625. The molecule has 2 fully saturated rings. The molecule has 2 aliphatic rings. The molecule has 0 N–H and O–H groups in total. The summed E-state index contributed by atoms with van der Waals surface area (Å²) in [5, 5.41) is 9.52. The number of hydrogen-bond donors (Lipinski definition) is 0. The van der Waals surface area contributed by atoms with Crippen LogP contribution in [0.4, 0.5) is 5.82 Å². The van der Waals surface area contributed by atoms with E-state index in [4.69, 9.17) is 21.6 Å². The highest BCUT2D eigenvalue weighted by molar-refractivity contribution is 6.31. The smallest absolute Gasteiger partial charge is 0.161 e. The maximum atomic E-state index is 9.11. The minimum Gasteiger partial charge on any atom is -0.365 e. The molecule has 0 amide bonds. The van der Waals surface area contributed by atoms with Crippen molar-refractivity contribution in [2.45, 2.75) is 50.7 Å². The average Bonchev–Trinajstić information content (AvgIpc) is 2.84. The molecule has 1 aliphatic carbocycles. The van der Waals surface area contributed by atoms with Crippen LogP contribution in [0.15, 0.2) is 12.1 Å². The third-order valence-corrected chi connectivity index (χ3v) is 4.62. The molecule has 0 aromatic carbocycles. The van der Waals surface area contributed by atoms with Gasteiger partial charge >= 0.3 is 0 Å². The van der Waals surface area contributed by atoms with Gasteiger partial charge in [-0.25, -0.2) is 4.98 Å². The van der Waals surface area contributed by atoms with Gasteiger partial charge in [-0.2, -0.15) is 5.26 Å². The highest BCUT2D eigenvalue weighted by Gasteiger charge is 2.46. The maximum Gasteiger partial charge on any atom is 0.161 e. The van der Waals surface area contributed by atoms with Gasteiger partial charge in [0, 0.05) is 13.1 Å². The molecule has 0 unspecified atom stereocenters. The number of nitrogens with zero attached hydrogens (tertiary/aromatic N) is 3. The molecule has 112 valence electrons. The SMILES string of the molecule is CC1(C)CN(c2ccc(Cl)c(C#N)n2)CC2(CCCC2)O1. The predicted molar refractivity (Wildman–Crippen MR) is 82.5 cm³/mol. The molecule has 1 spiro atoms. The number of halogens is 1. The molecule has 1 aliphatic heterocycles. The van der Waals surface area contributed by atoms with Crippen LogP contribution in [0, 0.1) is 11.3 Å². The Kier molecular flexibility index (Phi) is 3.59. The van der Waals surface area contributed by atoms with E-state index in [0.29, 0.717) is 10.7 Å². The van der Waals surface area contributed by atoms with Crippen LogP contribution in [0.5, 0.6) is 0 Å². The Morgan fingerprint density at radius 1 is 1.29 bits per heavy atom. The number of pyridine rings is 1. The Bertz CT molecular complexity index is 588. The standard InChI is InChI=1S/C16H20ClN3O/c1-15(2)10-20(11-16(21-15)7-3-4-8-16)14-6-5-12(17)13(9-18)19-14/h5-6H,3-4,7-8,10-11H2,1-2H3. The number of nitriles is 1. The van der Waals surface area contributed by atoms with Gasteiger partial charge in [0.2, 0.25) is 0 Å². The highest BCUT2D eigenvalue weighted by atomic mass is 35.5. The lowest BCUT2D eigenvalue weighted by Crippen LogP contribution is -2.59. The molecule has 5 heteroatoms. The molecule has 0 bridgehead atoms. The van der Waals surface area contributed by atoms with E-state index in [9.17, 15) is 0 Å². The lowest BCUT2D eigenvalue weighted by molar-refractivity contribution is -0.148. The van der Waals surface area contributed by atoms with E-state index in [2.05, 4.69) is 29.8 Å². The van der Waals surface area contributed by atoms with Crippen molar-refractivity contribution in [3.63, 3.8) is 0 Å². The quantitative estimate of drug-likeness (QED) is 0.796. The summed E-state index contributed by atoms with van der Waals surface area (Å²) >= 11 is 5.98. The second kappa shape index (κ2) is 5.15. The van der Waals surface area contributed by atoms with Crippen molar-refractivity contribution in [1.29, 1.82) is 5.26 Å². The Morgan fingerprint density at radius 3 is 2.67 bits per heavy atom. The van der Waals surface area contributed by atoms with Gasteiger partial charge in [0.15, 0.2) is 5.69 Å². The van der Waals surface area contributed by atoms with Crippen molar-refractivity contribution in [3.8, 4) is 6.07 Å². The van der Waals surface area contributed by atoms with Gasteiger partial charge in [-0.15, -0.1) is 0 Å². The van der Waals surface area contributed by atoms with Gasteiger partial charge in [-0.05, 0) is 38.8 Å². The van der Waals surface area contributed by atoms with Gasteiger partial charge in [-0.3, -0.25) is 0 Å². The summed E-state index contributed by atoms with van der Waals surface area (Å²) in [4.78, 5) is 6.65. The number of morpholine rings is 1. The normalized spacial score (nSPS) is 23.2. The van der Waals surface area contributed by atoms with Crippen molar-refractivity contribution < 1.29 is 4.74 Å². The second-order valence-electron chi connectivity index (χ2n) is 6.72. The number of rotatable bonds is 1. The summed E-state index contributed by atoms with van der Waals surface area (Å²) in [6.45, 7) is 5.87. The summed E-state index contributed by atoms with van der Waals surface area (Å²) in [6, 6.07) is 5.71. The van der Waals surface area contributed by atoms with E-state index in [0.717, 1.165) is 31.7 Å². The zero-order valence-corrected chi connectivity index (χ0v) is 13.3. The fourth-order valence-corrected chi connectivity index (χ4v) is 3.79. The lowest BCUT2D eigenvalue weighted by Gasteiger charge is -2.49. The maximum absolute atomic E-state index is 9.11. The first-order valence-electron chi connectivity index (χ1n) is 7.45. The Balaban J connectivity index is 1.92. The molecule has 1 aromatic rings. The Hall–Kier alpha value is -1.31. The van der Waals surface area contributed by atoms with E-state index in [1.165, 1.54) is 12.8 Å². The molecule has 1 saturated carbocycles. The van der Waals surface area contributed by atoms with Crippen molar-refractivity contribution in [1.82, 2.24) is 4.98 Å². The van der Waals surface area contributed by atoms with Gasteiger partial charge in [0.05, 0.1) is 16.2 Å². The Morgan fingerprint density at radius 2 is 2.00 bits per heavy atom. The number of anilines is 1. The summed E-state index contributed by atoms with van der Waals surface area (Å²) in [5.41, 5.74) is 0.0194. The molecular weight excluding hydrogens is 286 g/mol. The average molecular weight is 306 g/mol. The van der Waals surface area contributed by atoms with Gasteiger partial charge < -0.3 is 9.64 Å². The van der Waals surface area contributed by atoms with Crippen LogP contribution in [-0.4, -0.2) is 29.3 Å². The van der Waals surface area contributed by atoms with Crippen molar-refractivity contribution in [2.75, 3.05) is 18.0 Å². The highest BCUT2D eigenvalue weighted by Crippen LogP contribution is 2.41. The predicted octanol–water partition coefficient (Wildman–Crippen LogP) is 3.53. The Labute approximate surface area is 130 Å². The minimum atomic E-state index is -0.212. The molecule has 1 aromatic heterocycles. The third kappa shape index (κ3) is 2.86. The van der Waals surface area contributed by atoms with Gasteiger partial charge in [0.1, 0.15) is 11.9 Å². The van der Waals surface area contributed by atoms with Crippen molar-refractivity contribution in [3.05, 3.63) is 22.8 Å². The van der Waals surface area contributed by atoms with Crippen LogP contribution < -0.4 is 4.90 Å². The van der Waals surface area contributed by atoms with Crippen LogP contribution in [0.2, 0.25) is 5.02 Å².